The molecule has 4 N–H and O–H groups in total. The molecule has 1 aliphatic heterocycles. The molecule has 0 spiro atoms. The van der Waals surface area contributed by atoms with E-state index in [1.54, 1.807) is 25.6 Å². The Morgan fingerprint density at radius 2 is 2.00 bits per heavy atom. The third kappa shape index (κ3) is 4.83. The molecule has 0 atom stereocenters. The minimum atomic E-state index is -3.23. The Morgan fingerprint density at radius 3 is 2.72 bits per heavy atom. The monoisotopic (exact) mass is 504 g/mol. The second kappa shape index (κ2) is 9.73. The van der Waals surface area contributed by atoms with E-state index in [4.69, 9.17) is 10.5 Å². The fraction of sp³-hybridized carbons (Fsp3) is 0.231. The zero-order valence-corrected chi connectivity index (χ0v) is 21.0. The number of hydrogen-bond donors (Lipinski definition) is 3. The Morgan fingerprint density at radius 1 is 1.14 bits per heavy atom. The van der Waals surface area contributed by atoms with Gasteiger partial charge >= 0.3 is 0 Å². The van der Waals surface area contributed by atoms with Gasteiger partial charge in [-0.1, -0.05) is 18.2 Å². The van der Waals surface area contributed by atoms with E-state index in [1.807, 2.05) is 42.5 Å². The summed E-state index contributed by atoms with van der Waals surface area (Å²) < 4.78 is 30.7. The van der Waals surface area contributed by atoms with Crippen LogP contribution in [-0.4, -0.2) is 47.6 Å². The third-order valence-corrected chi connectivity index (χ3v) is 7.65. The van der Waals surface area contributed by atoms with E-state index in [-0.39, 0.29) is 0 Å². The smallest absolute Gasteiger partial charge is 0.212 e. The molecule has 0 fully saturated rings. The highest BCUT2D eigenvalue weighted by atomic mass is 32.2. The lowest BCUT2D eigenvalue weighted by Crippen LogP contribution is -2.35. The number of ether oxygens (including phenoxy) is 1. The zero-order chi connectivity index (χ0) is 25.3. The lowest BCUT2D eigenvalue weighted by atomic mass is 9.98. The molecule has 5 rings (SSSR count). The number of anilines is 2. The Bertz CT molecular complexity index is 1500. The SMILES string of the molecule is COc1ccc(-c2cnc(-c3cc(Nc4cccc5c4CCN(S(C)(=O)=O)C5)ccc3CN)[nH]2)cn1. The molecule has 0 unspecified atom stereocenters. The molecule has 2 aromatic carbocycles. The van der Waals surface area contributed by atoms with Gasteiger partial charge in [0.05, 0.1) is 25.3 Å². The van der Waals surface area contributed by atoms with E-state index in [0.717, 1.165) is 44.9 Å². The Balaban J connectivity index is 1.43. The second-order valence-electron chi connectivity index (χ2n) is 8.73. The number of benzene rings is 2. The second-order valence-corrected chi connectivity index (χ2v) is 10.7. The zero-order valence-electron chi connectivity index (χ0n) is 20.2. The first kappa shape index (κ1) is 24.0. The Labute approximate surface area is 210 Å². The summed E-state index contributed by atoms with van der Waals surface area (Å²) in [5.41, 5.74) is 13.7. The van der Waals surface area contributed by atoms with Crippen LogP contribution in [0, 0.1) is 0 Å². The van der Waals surface area contributed by atoms with Crippen LogP contribution < -0.4 is 15.8 Å². The van der Waals surface area contributed by atoms with Crippen molar-refractivity contribution in [3.8, 4) is 28.5 Å². The molecule has 3 heterocycles. The van der Waals surface area contributed by atoms with Gasteiger partial charge in [0, 0.05) is 54.4 Å². The maximum absolute atomic E-state index is 12.0. The first-order valence-electron chi connectivity index (χ1n) is 11.6. The molecule has 4 aromatic rings. The number of H-pyrrole nitrogens is 1. The number of nitrogens with one attached hydrogen (secondary N) is 2. The Kier molecular flexibility index (Phi) is 6.48. The average Bonchev–Trinajstić information content (AvgIpc) is 3.38. The van der Waals surface area contributed by atoms with Gasteiger partial charge in [0.1, 0.15) is 5.82 Å². The van der Waals surface area contributed by atoms with Crippen molar-refractivity contribution >= 4 is 21.4 Å². The summed E-state index contributed by atoms with van der Waals surface area (Å²) in [5.74, 6) is 1.26. The van der Waals surface area contributed by atoms with E-state index in [2.05, 4.69) is 20.3 Å². The molecule has 2 aromatic heterocycles. The van der Waals surface area contributed by atoms with Crippen molar-refractivity contribution < 1.29 is 13.2 Å². The van der Waals surface area contributed by atoms with Gasteiger partial charge in [-0.2, -0.15) is 4.31 Å². The molecule has 0 saturated carbocycles. The van der Waals surface area contributed by atoms with Gasteiger partial charge in [0.25, 0.3) is 0 Å². The summed E-state index contributed by atoms with van der Waals surface area (Å²) in [5, 5.41) is 3.52. The van der Waals surface area contributed by atoms with Crippen LogP contribution >= 0.6 is 0 Å². The maximum Gasteiger partial charge on any atom is 0.212 e. The number of nitrogens with zero attached hydrogens (tertiary/aromatic N) is 3. The molecule has 0 radical (unpaired) electrons. The molecule has 9 nitrogen and oxygen atoms in total. The maximum atomic E-state index is 12.0. The number of sulfonamides is 1. The topological polar surface area (TPSA) is 126 Å². The van der Waals surface area contributed by atoms with Gasteiger partial charge in [0.2, 0.25) is 15.9 Å². The average molecular weight is 505 g/mol. The number of rotatable bonds is 7. The number of fused-ring (bicyclic) bond motifs is 1. The lowest BCUT2D eigenvalue weighted by Gasteiger charge is -2.28. The van der Waals surface area contributed by atoms with Crippen LogP contribution in [0.2, 0.25) is 0 Å². The molecule has 186 valence electrons. The van der Waals surface area contributed by atoms with Crippen LogP contribution in [0.25, 0.3) is 22.6 Å². The standard InChI is InChI=1S/C26H28N6O3S/c1-35-25-9-7-18(14-28-25)24-15-29-26(31-24)22-12-20(8-6-17(22)13-27)30-23-5-3-4-19-16-32(36(2,33)34)11-10-21(19)23/h3-9,12,14-15,30H,10-11,13,16,27H2,1-2H3,(H,29,31). The van der Waals surface area contributed by atoms with Crippen molar-refractivity contribution in [1.29, 1.82) is 0 Å². The summed E-state index contributed by atoms with van der Waals surface area (Å²) in [6.45, 7) is 1.23. The lowest BCUT2D eigenvalue weighted by molar-refractivity contribution is 0.395. The summed E-state index contributed by atoms with van der Waals surface area (Å²) >= 11 is 0. The molecular formula is C26H28N6O3S. The quantitative estimate of drug-likeness (QED) is 0.351. The highest BCUT2D eigenvalue weighted by molar-refractivity contribution is 7.88. The predicted molar refractivity (Wildman–Crippen MR) is 140 cm³/mol. The van der Waals surface area contributed by atoms with Crippen molar-refractivity contribution in [2.24, 2.45) is 5.73 Å². The normalized spacial score (nSPS) is 13.9. The molecule has 0 saturated heterocycles. The molecule has 0 aliphatic carbocycles. The summed E-state index contributed by atoms with van der Waals surface area (Å²) in [4.78, 5) is 12.3. The van der Waals surface area contributed by atoms with E-state index >= 15 is 0 Å². The van der Waals surface area contributed by atoms with Crippen LogP contribution in [-0.2, 0) is 29.5 Å². The number of methoxy groups -OCH3 is 1. The molecule has 0 amide bonds. The first-order chi connectivity index (χ1) is 17.4. The number of aromatic amines is 1. The minimum absolute atomic E-state index is 0.373. The van der Waals surface area contributed by atoms with Gasteiger partial charge in [-0.3, -0.25) is 0 Å². The predicted octanol–water partition coefficient (Wildman–Crippen LogP) is 3.67. The van der Waals surface area contributed by atoms with E-state index in [0.29, 0.717) is 37.8 Å². The van der Waals surface area contributed by atoms with Crippen LogP contribution in [0.4, 0.5) is 11.4 Å². The molecule has 36 heavy (non-hydrogen) atoms. The number of nitrogens with two attached hydrogens (primary N) is 1. The number of imidazole rings is 1. The van der Waals surface area contributed by atoms with E-state index in [9.17, 15) is 8.42 Å². The molecule has 0 bridgehead atoms. The molecular weight excluding hydrogens is 476 g/mol. The van der Waals surface area contributed by atoms with Gasteiger partial charge in [-0.15, -0.1) is 0 Å². The highest BCUT2D eigenvalue weighted by Crippen LogP contribution is 2.32. The fourth-order valence-electron chi connectivity index (χ4n) is 4.46. The summed E-state index contributed by atoms with van der Waals surface area (Å²) in [6, 6.07) is 15.7. The van der Waals surface area contributed by atoms with E-state index < -0.39 is 10.0 Å². The van der Waals surface area contributed by atoms with Crippen LogP contribution in [0.5, 0.6) is 5.88 Å². The van der Waals surface area contributed by atoms with Crippen molar-refractivity contribution in [2.45, 2.75) is 19.5 Å². The largest absolute Gasteiger partial charge is 0.481 e. The summed E-state index contributed by atoms with van der Waals surface area (Å²) in [7, 11) is -1.64. The highest BCUT2D eigenvalue weighted by Gasteiger charge is 2.24. The van der Waals surface area contributed by atoms with Crippen molar-refractivity contribution in [3.05, 3.63) is 77.6 Å². The molecule has 1 aliphatic rings. The third-order valence-electron chi connectivity index (χ3n) is 6.40. The number of hydrogen-bond acceptors (Lipinski definition) is 7. The van der Waals surface area contributed by atoms with E-state index in [1.165, 1.54) is 10.6 Å². The van der Waals surface area contributed by atoms with Gasteiger partial charge in [-0.25, -0.2) is 18.4 Å². The number of aromatic nitrogens is 3. The van der Waals surface area contributed by atoms with Crippen LogP contribution in [0.1, 0.15) is 16.7 Å². The van der Waals surface area contributed by atoms with Gasteiger partial charge in [0.15, 0.2) is 0 Å². The van der Waals surface area contributed by atoms with Crippen LogP contribution in [0.15, 0.2) is 60.9 Å². The van der Waals surface area contributed by atoms with Crippen LogP contribution in [0.3, 0.4) is 0 Å². The van der Waals surface area contributed by atoms with Crippen molar-refractivity contribution in [2.75, 3.05) is 25.2 Å². The number of pyridine rings is 1. The molecule has 10 heteroatoms. The fourth-order valence-corrected chi connectivity index (χ4v) is 5.25. The van der Waals surface area contributed by atoms with Crippen molar-refractivity contribution in [1.82, 2.24) is 19.3 Å². The van der Waals surface area contributed by atoms with Crippen molar-refractivity contribution in [3.63, 3.8) is 0 Å². The van der Waals surface area contributed by atoms with Gasteiger partial charge in [-0.05, 0) is 47.4 Å². The summed E-state index contributed by atoms with van der Waals surface area (Å²) in [6.07, 6.45) is 5.42. The first-order valence-corrected chi connectivity index (χ1v) is 13.4. The minimum Gasteiger partial charge on any atom is -0.481 e. The Hall–Kier alpha value is -3.73. The van der Waals surface area contributed by atoms with Gasteiger partial charge < -0.3 is 20.8 Å².